The van der Waals surface area contributed by atoms with Crippen LogP contribution < -0.4 is 0 Å². The molecule has 1 saturated carbocycles. The van der Waals surface area contributed by atoms with Gasteiger partial charge in [0.15, 0.2) is 5.78 Å². The Morgan fingerprint density at radius 2 is 2.00 bits per heavy atom. The van der Waals surface area contributed by atoms with Gasteiger partial charge in [0.25, 0.3) is 0 Å². The molecule has 0 N–H and O–H groups in total. The average molecular weight is 255 g/mol. The first-order chi connectivity index (χ1) is 8.20. The Balaban J connectivity index is 1.82. The van der Waals surface area contributed by atoms with Gasteiger partial charge in [0.05, 0.1) is 12.7 Å². The quantitative estimate of drug-likeness (QED) is 0.810. The molecule has 0 amide bonds. The number of hydrogen-bond acceptors (Lipinski definition) is 3. The summed E-state index contributed by atoms with van der Waals surface area (Å²) in [6, 6.07) is 7.48. The SMILES string of the molecule is CCOC1C(=O)CC1OCc1ccc(Cl)cc1. The number of ketones is 1. The van der Waals surface area contributed by atoms with Crippen molar-refractivity contribution in [1.29, 1.82) is 0 Å². The van der Waals surface area contributed by atoms with Crippen LogP contribution in [0.4, 0.5) is 0 Å². The minimum Gasteiger partial charge on any atom is -0.370 e. The molecule has 0 bridgehead atoms. The number of hydrogen-bond donors (Lipinski definition) is 0. The van der Waals surface area contributed by atoms with E-state index in [2.05, 4.69) is 0 Å². The molecule has 0 heterocycles. The molecular weight excluding hydrogens is 240 g/mol. The maximum atomic E-state index is 11.3. The lowest BCUT2D eigenvalue weighted by atomic mass is 9.90. The van der Waals surface area contributed by atoms with E-state index in [9.17, 15) is 4.79 Å². The Morgan fingerprint density at radius 3 is 2.59 bits per heavy atom. The summed E-state index contributed by atoms with van der Waals surface area (Å²) in [5.41, 5.74) is 1.05. The fourth-order valence-electron chi connectivity index (χ4n) is 1.78. The average Bonchev–Trinajstić information content (AvgIpc) is 2.33. The molecular formula is C13H15ClO3. The van der Waals surface area contributed by atoms with Crippen molar-refractivity contribution in [3.05, 3.63) is 34.9 Å². The van der Waals surface area contributed by atoms with Crippen LogP contribution in [-0.4, -0.2) is 24.6 Å². The van der Waals surface area contributed by atoms with Crippen LogP contribution in [0.1, 0.15) is 18.9 Å². The zero-order valence-electron chi connectivity index (χ0n) is 9.69. The molecule has 3 nitrogen and oxygen atoms in total. The Labute approximate surface area is 106 Å². The summed E-state index contributed by atoms with van der Waals surface area (Å²) in [6.07, 6.45) is -0.0106. The van der Waals surface area contributed by atoms with E-state index in [-0.39, 0.29) is 18.0 Å². The van der Waals surface area contributed by atoms with Gasteiger partial charge in [-0.15, -0.1) is 0 Å². The van der Waals surface area contributed by atoms with Crippen LogP contribution in [0.25, 0.3) is 0 Å². The van der Waals surface area contributed by atoms with E-state index in [0.29, 0.717) is 24.7 Å². The summed E-state index contributed by atoms with van der Waals surface area (Å²) in [5.74, 6) is 0.132. The summed E-state index contributed by atoms with van der Waals surface area (Å²) >= 11 is 5.79. The van der Waals surface area contributed by atoms with E-state index in [1.165, 1.54) is 0 Å². The van der Waals surface area contributed by atoms with Gasteiger partial charge < -0.3 is 9.47 Å². The smallest absolute Gasteiger partial charge is 0.166 e. The van der Waals surface area contributed by atoms with E-state index in [1.807, 2.05) is 31.2 Å². The van der Waals surface area contributed by atoms with Crippen molar-refractivity contribution in [2.24, 2.45) is 0 Å². The summed E-state index contributed by atoms with van der Waals surface area (Å²) < 4.78 is 11.0. The Kier molecular flexibility index (Phi) is 4.15. The molecule has 2 atom stereocenters. The molecule has 0 aromatic heterocycles. The predicted molar refractivity (Wildman–Crippen MR) is 65.1 cm³/mol. The molecule has 0 saturated heterocycles. The van der Waals surface area contributed by atoms with Gasteiger partial charge in [0.1, 0.15) is 6.10 Å². The van der Waals surface area contributed by atoms with Gasteiger partial charge in [-0.1, -0.05) is 23.7 Å². The van der Waals surface area contributed by atoms with Crippen LogP contribution in [0.15, 0.2) is 24.3 Å². The first-order valence-electron chi connectivity index (χ1n) is 5.71. The minimum atomic E-state index is -0.368. The first-order valence-corrected chi connectivity index (χ1v) is 6.09. The van der Waals surface area contributed by atoms with Crippen LogP contribution in [0.3, 0.4) is 0 Å². The molecule has 4 heteroatoms. The van der Waals surface area contributed by atoms with Crippen molar-refractivity contribution in [3.63, 3.8) is 0 Å². The fraction of sp³-hybridized carbons (Fsp3) is 0.462. The third kappa shape index (κ3) is 3.06. The third-order valence-corrected chi connectivity index (χ3v) is 3.03. The van der Waals surface area contributed by atoms with Gasteiger partial charge in [-0.2, -0.15) is 0 Å². The van der Waals surface area contributed by atoms with Gasteiger partial charge in [-0.25, -0.2) is 0 Å². The zero-order valence-corrected chi connectivity index (χ0v) is 10.4. The first kappa shape index (κ1) is 12.6. The lowest BCUT2D eigenvalue weighted by Crippen LogP contribution is -2.50. The van der Waals surface area contributed by atoms with Crippen LogP contribution in [0, 0.1) is 0 Å². The van der Waals surface area contributed by atoms with Gasteiger partial charge in [0, 0.05) is 18.1 Å². The standard InChI is InChI=1S/C13H15ClO3/c1-2-16-13-11(15)7-12(13)17-8-9-3-5-10(14)6-4-9/h3-6,12-13H,2,7-8H2,1H3. The van der Waals surface area contributed by atoms with E-state index >= 15 is 0 Å². The number of ether oxygens (including phenoxy) is 2. The van der Waals surface area contributed by atoms with E-state index in [0.717, 1.165) is 5.56 Å². The molecule has 1 aliphatic rings. The number of carbonyl (C=O) groups excluding carboxylic acids is 1. The number of Topliss-reactive ketones (excluding diaryl/α,β-unsaturated/α-hetero) is 1. The van der Waals surface area contributed by atoms with Crippen LogP contribution >= 0.6 is 11.6 Å². The summed E-state index contributed by atoms with van der Waals surface area (Å²) in [5, 5.41) is 0.708. The summed E-state index contributed by atoms with van der Waals surface area (Å²) in [6.45, 7) is 2.90. The highest BCUT2D eigenvalue weighted by molar-refractivity contribution is 6.30. The Hall–Kier alpha value is -0.900. The molecule has 1 aromatic rings. The fourth-order valence-corrected chi connectivity index (χ4v) is 1.90. The number of halogens is 1. The molecule has 2 unspecified atom stereocenters. The highest BCUT2D eigenvalue weighted by Gasteiger charge is 2.41. The van der Waals surface area contributed by atoms with Crippen LogP contribution in [-0.2, 0) is 20.9 Å². The van der Waals surface area contributed by atoms with Crippen molar-refractivity contribution >= 4 is 17.4 Å². The maximum Gasteiger partial charge on any atom is 0.166 e. The largest absolute Gasteiger partial charge is 0.370 e. The van der Waals surface area contributed by atoms with Crippen LogP contribution in [0.5, 0.6) is 0 Å². The molecule has 2 rings (SSSR count). The third-order valence-electron chi connectivity index (χ3n) is 2.78. The summed E-state index contributed by atoms with van der Waals surface area (Å²) in [4.78, 5) is 11.3. The van der Waals surface area contributed by atoms with Gasteiger partial charge in [0.2, 0.25) is 0 Å². The van der Waals surface area contributed by atoms with Gasteiger partial charge in [-0.3, -0.25) is 4.79 Å². The van der Waals surface area contributed by atoms with E-state index in [4.69, 9.17) is 21.1 Å². The van der Waals surface area contributed by atoms with Gasteiger partial charge in [-0.05, 0) is 24.6 Å². The normalized spacial score (nSPS) is 23.5. The van der Waals surface area contributed by atoms with Crippen molar-refractivity contribution in [1.82, 2.24) is 0 Å². The van der Waals surface area contributed by atoms with Gasteiger partial charge >= 0.3 is 0 Å². The molecule has 92 valence electrons. The highest BCUT2D eigenvalue weighted by Crippen LogP contribution is 2.24. The lowest BCUT2D eigenvalue weighted by molar-refractivity contribution is -0.166. The molecule has 0 radical (unpaired) electrons. The summed E-state index contributed by atoms with van der Waals surface area (Å²) in [7, 11) is 0. The molecule has 1 aromatic carbocycles. The zero-order chi connectivity index (χ0) is 12.3. The molecule has 0 aliphatic heterocycles. The van der Waals surface area contributed by atoms with E-state index < -0.39 is 0 Å². The monoisotopic (exact) mass is 254 g/mol. The van der Waals surface area contributed by atoms with E-state index in [1.54, 1.807) is 0 Å². The Bertz CT molecular complexity index is 388. The molecule has 1 aliphatic carbocycles. The molecule has 17 heavy (non-hydrogen) atoms. The second kappa shape index (κ2) is 5.63. The van der Waals surface area contributed by atoms with Crippen molar-refractivity contribution < 1.29 is 14.3 Å². The predicted octanol–water partition coefficient (Wildman–Crippen LogP) is 2.60. The Morgan fingerprint density at radius 1 is 1.29 bits per heavy atom. The lowest BCUT2D eigenvalue weighted by Gasteiger charge is -2.34. The topological polar surface area (TPSA) is 35.5 Å². The highest BCUT2D eigenvalue weighted by atomic mass is 35.5. The maximum absolute atomic E-state index is 11.3. The number of benzene rings is 1. The molecule has 1 fully saturated rings. The minimum absolute atomic E-state index is 0.0990. The van der Waals surface area contributed by atoms with Crippen molar-refractivity contribution in [2.45, 2.75) is 32.2 Å². The number of rotatable bonds is 5. The van der Waals surface area contributed by atoms with Crippen molar-refractivity contribution in [3.8, 4) is 0 Å². The second-order valence-corrected chi connectivity index (χ2v) is 4.46. The van der Waals surface area contributed by atoms with Crippen LogP contribution in [0.2, 0.25) is 5.02 Å². The second-order valence-electron chi connectivity index (χ2n) is 4.02. The van der Waals surface area contributed by atoms with Crippen molar-refractivity contribution in [2.75, 3.05) is 6.61 Å². The number of carbonyl (C=O) groups is 1. The molecule has 0 spiro atoms.